The molecule has 1 aromatic heterocycles. The second kappa shape index (κ2) is 10.5. The Balaban J connectivity index is 1.32. The number of hydrogen-bond donors (Lipinski definition) is 1. The van der Waals surface area contributed by atoms with E-state index in [4.69, 9.17) is 10.5 Å². The minimum Gasteiger partial charge on any atom is -0.492 e. The molecule has 0 saturated carbocycles. The number of nitrogen functional groups attached to an aromatic ring is 1. The maximum Gasteiger partial charge on any atom is 0.254 e. The van der Waals surface area contributed by atoms with Crippen LogP contribution in [0.25, 0.3) is 20.2 Å². The molecule has 5 nitrogen and oxygen atoms in total. The molecule has 2 N–H and O–H groups in total. The van der Waals surface area contributed by atoms with Crippen LogP contribution in [0, 0.1) is 0 Å². The van der Waals surface area contributed by atoms with Gasteiger partial charge in [-0.3, -0.25) is 9.59 Å². The number of nitrogens with two attached hydrogens (primary N) is 1. The summed E-state index contributed by atoms with van der Waals surface area (Å²) in [4.78, 5) is 27.8. The molecule has 0 radical (unpaired) electrons. The molecule has 5 rings (SSSR count). The molecule has 1 amide bonds. The van der Waals surface area contributed by atoms with Gasteiger partial charge in [-0.05, 0) is 64.5 Å². The smallest absolute Gasteiger partial charge is 0.254 e. The highest BCUT2D eigenvalue weighted by Gasteiger charge is 2.20. The summed E-state index contributed by atoms with van der Waals surface area (Å²) in [5.41, 5.74) is 7.40. The number of rotatable bonds is 8. The highest BCUT2D eigenvalue weighted by atomic mass is 79.9. The van der Waals surface area contributed by atoms with E-state index in [9.17, 15) is 9.59 Å². The van der Waals surface area contributed by atoms with Gasteiger partial charge in [0, 0.05) is 41.5 Å². The Bertz CT molecular complexity index is 1570. The summed E-state index contributed by atoms with van der Waals surface area (Å²) in [6.07, 6.45) is 0. The molecule has 4 aromatic carbocycles. The Kier molecular flexibility index (Phi) is 7.02. The van der Waals surface area contributed by atoms with Crippen molar-refractivity contribution in [1.82, 2.24) is 4.90 Å². The topological polar surface area (TPSA) is 72.6 Å². The number of carbonyl (C=O) groups excluding carboxylic acids is 2. The van der Waals surface area contributed by atoms with E-state index < -0.39 is 0 Å². The number of nitrogens with zero attached hydrogens (tertiary/aromatic N) is 1. The van der Waals surface area contributed by atoms with Crippen LogP contribution in [0.15, 0.2) is 95.5 Å². The van der Waals surface area contributed by atoms with Gasteiger partial charge in [0.05, 0.1) is 13.1 Å². The van der Waals surface area contributed by atoms with Gasteiger partial charge in [-0.15, -0.1) is 11.3 Å². The zero-order valence-electron chi connectivity index (χ0n) is 19.3. The Morgan fingerprint density at radius 3 is 2.39 bits per heavy atom. The Morgan fingerprint density at radius 1 is 0.833 bits per heavy atom. The van der Waals surface area contributed by atoms with Crippen LogP contribution < -0.4 is 10.5 Å². The number of halogens is 1. The van der Waals surface area contributed by atoms with Gasteiger partial charge in [0.15, 0.2) is 5.78 Å². The lowest BCUT2D eigenvalue weighted by Crippen LogP contribution is -2.38. The van der Waals surface area contributed by atoms with Gasteiger partial charge in [-0.25, -0.2) is 0 Å². The minimum atomic E-state index is -0.224. The number of hydrogen-bond acceptors (Lipinski definition) is 5. The molecule has 7 heteroatoms. The molecule has 0 aliphatic heterocycles. The van der Waals surface area contributed by atoms with Crippen molar-refractivity contribution >= 4 is 64.8 Å². The van der Waals surface area contributed by atoms with Crippen molar-refractivity contribution in [1.29, 1.82) is 0 Å². The summed E-state index contributed by atoms with van der Waals surface area (Å²) in [5.74, 6) is 0.316. The van der Waals surface area contributed by atoms with E-state index in [2.05, 4.69) is 34.1 Å². The number of fused-ring (bicyclic) bond motifs is 3. The van der Waals surface area contributed by atoms with Gasteiger partial charge in [0.25, 0.3) is 5.91 Å². The second-order valence-electron chi connectivity index (χ2n) is 8.36. The molecule has 0 bridgehead atoms. The number of Topliss-reactive ketones (excluding diaryl/α,β-unsaturated/α-hetero) is 1. The van der Waals surface area contributed by atoms with Gasteiger partial charge in [0.1, 0.15) is 12.4 Å². The average Bonchev–Trinajstić information content (AvgIpc) is 3.27. The Morgan fingerprint density at radius 2 is 1.58 bits per heavy atom. The Hall–Kier alpha value is -3.68. The SMILES string of the molecule is Nc1cc(C(=O)CN(CCOc2ccc3c(c2)sc2ccccc23)C(=O)c2ccccc2)ccc1Br. The summed E-state index contributed by atoms with van der Waals surface area (Å²) in [5, 5.41) is 2.43. The lowest BCUT2D eigenvalue weighted by atomic mass is 10.1. The van der Waals surface area contributed by atoms with Crippen LogP contribution >= 0.6 is 27.3 Å². The van der Waals surface area contributed by atoms with Crippen molar-refractivity contribution in [3.63, 3.8) is 0 Å². The van der Waals surface area contributed by atoms with E-state index in [-0.39, 0.29) is 31.4 Å². The first-order valence-corrected chi connectivity index (χ1v) is 13.1. The summed E-state index contributed by atoms with van der Waals surface area (Å²) >= 11 is 5.07. The molecular formula is C29H23BrN2O3S. The van der Waals surface area contributed by atoms with Crippen LogP contribution in [0.2, 0.25) is 0 Å². The lowest BCUT2D eigenvalue weighted by Gasteiger charge is -2.22. The molecular weight excluding hydrogens is 536 g/mol. The molecule has 180 valence electrons. The molecule has 0 aliphatic rings. The number of thiophene rings is 1. The van der Waals surface area contributed by atoms with Crippen molar-refractivity contribution < 1.29 is 14.3 Å². The molecule has 0 atom stereocenters. The maximum absolute atomic E-state index is 13.2. The fourth-order valence-corrected chi connectivity index (χ4v) is 5.45. The number of carbonyl (C=O) groups is 2. The van der Waals surface area contributed by atoms with E-state index in [0.29, 0.717) is 16.8 Å². The minimum absolute atomic E-state index is 0.0759. The van der Waals surface area contributed by atoms with Gasteiger partial charge in [-0.1, -0.05) is 42.5 Å². The monoisotopic (exact) mass is 558 g/mol. The van der Waals surface area contributed by atoms with Crippen molar-refractivity contribution in [2.75, 3.05) is 25.4 Å². The van der Waals surface area contributed by atoms with Crippen molar-refractivity contribution in [3.05, 3.63) is 107 Å². The summed E-state index contributed by atoms with van der Waals surface area (Å²) < 4.78 is 9.13. The zero-order chi connectivity index (χ0) is 25.1. The highest BCUT2D eigenvalue weighted by Crippen LogP contribution is 2.35. The normalized spacial score (nSPS) is 11.0. The molecule has 36 heavy (non-hydrogen) atoms. The van der Waals surface area contributed by atoms with Gasteiger partial charge >= 0.3 is 0 Å². The predicted molar refractivity (Wildman–Crippen MR) is 150 cm³/mol. The summed E-state index contributed by atoms with van der Waals surface area (Å²) in [6, 6.07) is 28.4. The predicted octanol–water partition coefficient (Wildman–Crippen LogP) is 6.80. The molecule has 0 unspecified atom stereocenters. The van der Waals surface area contributed by atoms with E-state index in [1.165, 1.54) is 20.4 Å². The number of ketones is 1. The largest absolute Gasteiger partial charge is 0.492 e. The van der Waals surface area contributed by atoms with Gasteiger partial charge < -0.3 is 15.4 Å². The number of anilines is 1. The van der Waals surface area contributed by atoms with E-state index in [0.717, 1.165) is 14.9 Å². The van der Waals surface area contributed by atoms with E-state index in [1.54, 1.807) is 53.8 Å². The molecule has 1 heterocycles. The van der Waals surface area contributed by atoms with Gasteiger partial charge in [0.2, 0.25) is 0 Å². The molecule has 0 aliphatic carbocycles. The second-order valence-corrected chi connectivity index (χ2v) is 10.3. The molecule has 0 saturated heterocycles. The van der Waals surface area contributed by atoms with E-state index in [1.807, 2.05) is 30.3 Å². The fourth-order valence-electron chi connectivity index (χ4n) is 4.07. The molecule has 0 spiro atoms. The fraction of sp³-hybridized carbons (Fsp3) is 0.103. The van der Waals surface area contributed by atoms with Crippen molar-refractivity contribution in [2.24, 2.45) is 0 Å². The van der Waals surface area contributed by atoms with Crippen LogP contribution in [-0.2, 0) is 0 Å². The number of amides is 1. The van der Waals surface area contributed by atoms with Crippen LogP contribution in [0.4, 0.5) is 5.69 Å². The van der Waals surface area contributed by atoms with Crippen LogP contribution in [0.1, 0.15) is 20.7 Å². The number of ether oxygens (including phenoxy) is 1. The first-order valence-electron chi connectivity index (χ1n) is 11.5. The third-order valence-electron chi connectivity index (χ3n) is 5.94. The summed E-state index contributed by atoms with van der Waals surface area (Å²) in [6.45, 7) is 0.439. The number of benzene rings is 4. The average molecular weight is 559 g/mol. The van der Waals surface area contributed by atoms with E-state index >= 15 is 0 Å². The van der Waals surface area contributed by atoms with Crippen LogP contribution in [-0.4, -0.2) is 36.3 Å². The zero-order valence-corrected chi connectivity index (χ0v) is 21.7. The third kappa shape index (κ3) is 5.12. The third-order valence-corrected chi connectivity index (χ3v) is 7.80. The van der Waals surface area contributed by atoms with Crippen LogP contribution in [0.3, 0.4) is 0 Å². The van der Waals surface area contributed by atoms with Crippen molar-refractivity contribution in [2.45, 2.75) is 0 Å². The molecule has 0 fully saturated rings. The Labute approximate surface area is 221 Å². The van der Waals surface area contributed by atoms with Crippen molar-refractivity contribution in [3.8, 4) is 5.75 Å². The first-order chi connectivity index (χ1) is 17.5. The maximum atomic E-state index is 13.2. The highest BCUT2D eigenvalue weighted by molar-refractivity contribution is 9.10. The van der Waals surface area contributed by atoms with Gasteiger partial charge in [-0.2, -0.15) is 0 Å². The summed E-state index contributed by atoms with van der Waals surface area (Å²) in [7, 11) is 0. The standard InChI is InChI=1S/C29H23BrN2O3S/c30-24-13-10-20(16-25(24)31)26(33)18-32(29(34)19-6-2-1-3-7-19)14-15-35-21-11-12-23-22-8-4-5-9-27(22)36-28(23)17-21/h1-13,16-17H,14-15,18,31H2. The quantitative estimate of drug-likeness (QED) is 0.168. The first kappa shape index (κ1) is 24.0. The molecule has 5 aromatic rings. The lowest BCUT2D eigenvalue weighted by molar-refractivity contribution is 0.0686. The van der Waals surface area contributed by atoms with Crippen LogP contribution in [0.5, 0.6) is 5.75 Å².